The standard InChI is InChI=1S/C19H23N5O2S/c1-5-10-24-18(14-8-6-7-9-15(14)25-4)21-22-19(24)27-12-16-20-17(26-23-16)11-13(2)3/h5-9,13H,1,10-12H2,2-4H3. The van der Waals surface area contributed by atoms with Gasteiger partial charge in [-0.15, -0.1) is 16.8 Å². The Morgan fingerprint density at radius 1 is 1.30 bits per heavy atom. The summed E-state index contributed by atoms with van der Waals surface area (Å²) in [6.07, 6.45) is 2.60. The van der Waals surface area contributed by atoms with Crippen molar-refractivity contribution < 1.29 is 9.26 Å². The van der Waals surface area contributed by atoms with E-state index in [1.807, 2.05) is 34.9 Å². The third-order valence-corrected chi connectivity index (χ3v) is 4.76. The first-order chi connectivity index (χ1) is 13.1. The van der Waals surface area contributed by atoms with Crippen LogP contribution in [-0.2, 0) is 18.7 Å². The predicted molar refractivity (Wildman–Crippen MR) is 105 cm³/mol. The molecule has 0 bridgehead atoms. The minimum absolute atomic E-state index is 0.477. The van der Waals surface area contributed by atoms with Crippen molar-refractivity contribution in [2.75, 3.05) is 7.11 Å². The van der Waals surface area contributed by atoms with Crippen molar-refractivity contribution in [1.29, 1.82) is 0 Å². The molecule has 27 heavy (non-hydrogen) atoms. The second kappa shape index (κ2) is 8.85. The van der Waals surface area contributed by atoms with E-state index in [1.54, 1.807) is 7.11 Å². The van der Waals surface area contributed by atoms with Crippen LogP contribution in [0.15, 0.2) is 46.6 Å². The molecule has 0 aliphatic carbocycles. The molecular formula is C19H23N5O2S. The number of benzene rings is 1. The fourth-order valence-corrected chi connectivity index (χ4v) is 3.42. The van der Waals surface area contributed by atoms with Crippen LogP contribution in [-0.4, -0.2) is 32.0 Å². The lowest BCUT2D eigenvalue weighted by Gasteiger charge is -2.10. The van der Waals surface area contributed by atoms with Crippen LogP contribution in [0.4, 0.5) is 0 Å². The molecule has 2 aromatic heterocycles. The normalized spacial score (nSPS) is 11.1. The molecular weight excluding hydrogens is 362 g/mol. The van der Waals surface area contributed by atoms with Gasteiger partial charge in [-0.3, -0.25) is 4.57 Å². The van der Waals surface area contributed by atoms with E-state index in [4.69, 9.17) is 9.26 Å². The Morgan fingerprint density at radius 2 is 2.11 bits per heavy atom. The summed E-state index contributed by atoms with van der Waals surface area (Å²) in [4.78, 5) is 4.44. The van der Waals surface area contributed by atoms with Gasteiger partial charge in [0.1, 0.15) is 5.75 Å². The molecule has 0 aliphatic rings. The Hall–Kier alpha value is -2.61. The average molecular weight is 385 g/mol. The number of nitrogens with zero attached hydrogens (tertiary/aromatic N) is 5. The molecule has 142 valence electrons. The molecule has 0 amide bonds. The molecule has 1 aromatic carbocycles. The number of hydrogen-bond acceptors (Lipinski definition) is 7. The van der Waals surface area contributed by atoms with Crippen LogP contribution in [0.2, 0.25) is 0 Å². The third kappa shape index (κ3) is 4.57. The van der Waals surface area contributed by atoms with Crippen LogP contribution in [0.3, 0.4) is 0 Å². The average Bonchev–Trinajstić information content (AvgIpc) is 3.26. The molecule has 0 saturated carbocycles. The largest absolute Gasteiger partial charge is 0.496 e. The van der Waals surface area contributed by atoms with Crippen LogP contribution < -0.4 is 4.74 Å². The van der Waals surface area contributed by atoms with Gasteiger partial charge in [0.25, 0.3) is 0 Å². The highest BCUT2D eigenvalue weighted by Crippen LogP contribution is 2.31. The van der Waals surface area contributed by atoms with E-state index in [0.29, 0.717) is 29.9 Å². The van der Waals surface area contributed by atoms with Gasteiger partial charge in [0.15, 0.2) is 16.8 Å². The lowest BCUT2D eigenvalue weighted by molar-refractivity contribution is 0.360. The maximum absolute atomic E-state index is 5.46. The lowest BCUT2D eigenvalue weighted by Crippen LogP contribution is -2.02. The number of ether oxygens (including phenoxy) is 1. The van der Waals surface area contributed by atoms with E-state index in [0.717, 1.165) is 28.7 Å². The molecule has 0 aliphatic heterocycles. The monoisotopic (exact) mass is 385 g/mol. The van der Waals surface area contributed by atoms with Crippen molar-refractivity contribution in [3.8, 4) is 17.1 Å². The van der Waals surface area contributed by atoms with Gasteiger partial charge in [-0.25, -0.2) is 0 Å². The van der Waals surface area contributed by atoms with Crippen molar-refractivity contribution in [3.63, 3.8) is 0 Å². The van der Waals surface area contributed by atoms with E-state index >= 15 is 0 Å². The van der Waals surface area contributed by atoms with E-state index < -0.39 is 0 Å². The van der Waals surface area contributed by atoms with Crippen molar-refractivity contribution in [2.24, 2.45) is 5.92 Å². The minimum Gasteiger partial charge on any atom is -0.496 e. The maximum atomic E-state index is 5.46. The number of thioether (sulfide) groups is 1. The van der Waals surface area contributed by atoms with Crippen molar-refractivity contribution >= 4 is 11.8 Å². The summed E-state index contributed by atoms with van der Waals surface area (Å²) < 4.78 is 12.8. The van der Waals surface area contributed by atoms with E-state index in [2.05, 4.69) is 40.8 Å². The van der Waals surface area contributed by atoms with Crippen LogP contribution >= 0.6 is 11.8 Å². The molecule has 0 atom stereocenters. The number of rotatable bonds is 9. The van der Waals surface area contributed by atoms with Gasteiger partial charge in [0.2, 0.25) is 5.89 Å². The Kier molecular flexibility index (Phi) is 6.28. The van der Waals surface area contributed by atoms with E-state index in [1.165, 1.54) is 11.8 Å². The molecule has 0 fully saturated rings. The first-order valence-electron chi connectivity index (χ1n) is 8.74. The van der Waals surface area contributed by atoms with E-state index in [9.17, 15) is 0 Å². The number of methoxy groups -OCH3 is 1. The first kappa shape index (κ1) is 19.2. The summed E-state index contributed by atoms with van der Waals surface area (Å²) in [7, 11) is 1.65. The molecule has 3 aromatic rings. The Labute approximate surface area is 162 Å². The smallest absolute Gasteiger partial charge is 0.226 e. The fourth-order valence-electron chi connectivity index (χ4n) is 2.63. The number of hydrogen-bond donors (Lipinski definition) is 0. The summed E-state index contributed by atoms with van der Waals surface area (Å²) in [5, 5.41) is 13.5. The molecule has 0 spiro atoms. The highest BCUT2D eigenvalue weighted by atomic mass is 32.2. The third-order valence-electron chi connectivity index (χ3n) is 3.80. The molecule has 0 N–H and O–H groups in total. The summed E-state index contributed by atoms with van der Waals surface area (Å²) in [5.41, 5.74) is 0.889. The lowest BCUT2D eigenvalue weighted by atomic mass is 10.1. The van der Waals surface area contributed by atoms with Gasteiger partial charge in [0.05, 0.1) is 18.4 Å². The molecule has 8 heteroatoms. The zero-order valence-corrected chi connectivity index (χ0v) is 16.6. The molecule has 0 radical (unpaired) electrons. The maximum Gasteiger partial charge on any atom is 0.226 e. The summed E-state index contributed by atoms with van der Waals surface area (Å²) >= 11 is 1.52. The van der Waals surface area contributed by atoms with Gasteiger partial charge < -0.3 is 9.26 Å². The van der Waals surface area contributed by atoms with Crippen molar-refractivity contribution in [2.45, 2.75) is 37.7 Å². The zero-order valence-electron chi connectivity index (χ0n) is 15.8. The van der Waals surface area contributed by atoms with Gasteiger partial charge in [0, 0.05) is 13.0 Å². The number of aromatic nitrogens is 5. The van der Waals surface area contributed by atoms with Gasteiger partial charge in [-0.05, 0) is 18.1 Å². The molecule has 0 saturated heterocycles. The number of para-hydroxylation sites is 1. The highest BCUT2D eigenvalue weighted by Gasteiger charge is 2.17. The van der Waals surface area contributed by atoms with Crippen LogP contribution in [0.5, 0.6) is 5.75 Å². The Morgan fingerprint density at radius 3 is 2.85 bits per heavy atom. The Bertz CT molecular complexity index is 903. The van der Waals surface area contributed by atoms with Gasteiger partial charge in [-0.2, -0.15) is 4.98 Å². The minimum atomic E-state index is 0.477. The molecule has 3 rings (SSSR count). The van der Waals surface area contributed by atoms with Crippen molar-refractivity contribution in [1.82, 2.24) is 24.9 Å². The summed E-state index contributed by atoms with van der Waals surface area (Å²) in [6.45, 7) is 8.68. The number of allylic oxidation sites excluding steroid dienone is 1. The second-order valence-electron chi connectivity index (χ2n) is 6.40. The van der Waals surface area contributed by atoms with Gasteiger partial charge >= 0.3 is 0 Å². The Balaban J connectivity index is 1.81. The predicted octanol–water partition coefficient (Wildman–Crippen LogP) is 4.01. The van der Waals surface area contributed by atoms with Crippen LogP contribution in [0.25, 0.3) is 11.4 Å². The summed E-state index contributed by atoms with van der Waals surface area (Å²) in [6, 6.07) is 7.75. The second-order valence-corrected chi connectivity index (χ2v) is 7.34. The molecule has 7 nitrogen and oxygen atoms in total. The van der Waals surface area contributed by atoms with Crippen molar-refractivity contribution in [3.05, 3.63) is 48.6 Å². The quantitative estimate of drug-likeness (QED) is 0.407. The SMILES string of the molecule is C=CCn1c(SCc2noc(CC(C)C)n2)nnc1-c1ccccc1OC. The van der Waals surface area contributed by atoms with Crippen LogP contribution in [0.1, 0.15) is 25.6 Å². The summed E-state index contributed by atoms with van der Waals surface area (Å²) in [5.74, 6) is 3.85. The van der Waals surface area contributed by atoms with Crippen LogP contribution in [0, 0.1) is 5.92 Å². The molecule has 2 heterocycles. The molecule has 0 unspecified atom stereocenters. The highest BCUT2D eigenvalue weighted by molar-refractivity contribution is 7.98. The topological polar surface area (TPSA) is 78.9 Å². The fraction of sp³-hybridized carbons (Fsp3) is 0.368. The zero-order chi connectivity index (χ0) is 19.2. The van der Waals surface area contributed by atoms with E-state index in [-0.39, 0.29) is 0 Å². The first-order valence-corrected chi connectivity index (χ1v) is 9.72. The van der Waals surface area contributed by atoms with Gasteiger partial charge in [-0.1, -0.05) is 49.0 Å².